The standard InChI is InChI=1S/C16H19N3O2/c1-3-17-16(20)12-7-9-13(10-8-12)18-11-14-5-4-6-15(19-14)21-2/h4-10,18H,3,11H2,1-2H3,(H,17,20). The van der Waals surface area contributed by atoms with E-state index in [1.807, 2.05) is 37.3 Å². The molecule has 1 heterocycles. The molecule has 2 N–H and O–H groups in total. The van der Waals surface area contributed by atoms with Crippen LogP contribution >= 0.6 is 0 Å². The number of nitrogens with zero attached hydrogens (tertiary/aromatic N) is 1. The van der Waals surface area contributed by atoms with Gasteiger partial charge in [0.15, 0.2) is 0 Å². The minimum atomic E-state index is -0.0569. The largest absolute Gasteiger partial charge is 0.481 e. The van der Waals surface area contributed by atoms with Crippen LogP contribution in [-0.4, -0.2) is 24.5 Å². The predicted molar refractivity (Wildman–Crippen MR) is 82.6 cm³/mol. The lowest BCUT2D eigenvalue weighted by molar-refractivity contribution is 0.0956. The van der Waals surface area contributed by atoms with Gasteiger partial charge in [-0.05, 0) is 37.3 Å². The van der Waals surface area contributed by atoms with Gasteiger partial charge in [-0.2, -0.15) is 0 Å². The van der Waals surface area contributed by atoms with E-state index >= 15 is 0 Å². The number of hydrogen-bond donors (Lipinski definition) is 2. The molecular weight excluding hydrogens is 266 g/mol. The molecule has 5 nitrogen and oxygen atoms in total. The fourth-order valence-electron chi connectivity index (χ4n) is 1.86. The maximum Gasteiger partial charge on any atom is 0.251 e. The van der Waals surface area contributed by atoms with Crippen molar-refractivity contribution in [2.75, 3.05) is 19.0 Å². The van der Waals surface area contributed by atoms with E-state index in [1.165, 1.54) is 0 Å². The van der Waals surface area contributed by atoms with Gasteiger partial charge in [-0.3, -0.25) is 4.79 Å². The van der Waals surface area contributed by atoms with Gasteiger partial charge in [0.1, 0.15) is 0 Å². The number of rotatable bonds is 6. The molecule has 0 spiro atoms. The van der Waals surface area contributed by atoms with Gasteiger partial charge < -0.3 is 15.4 Å². The first-order chi connectivity index (χ1) is 10.2. The van der Waals surface area contributed by atoms with E-state index < -0.39 is 0 Å². The molecule has 0 aliphatic carbocycles. The second-order valence-corrected chi connectivity index (χ2v) is 4.46. The highest BCUT2D eigenvalue weighted by Gasteiger charge is 2.03. The molecule has 0 saturated heterocycles. The van der Waals surface area contributed by atoms with Crippen LogP contribution in [0.5, 0.6) is 5.88 Å². The van der Waals surface area contributed by atoms with Crippen LogP contribution in [-0.2, 0) is 6.54 Å². The van der Waals surface area contributed by atoms with Crippen molar-refractivity contribution in [3.8, 4) is 5.88 Å². The highest BCUT2D eigenvalue weighted by molar-refractivity contribution is 5.94. The van der Waals surface area contributed by atoms with Crippen LogP contribution in [0.4, 0.5) is 5.69 Å². The molecule has 0 fully saturated rings. The number of carbonyl (C=O) groups excluding carboxylic acids is 1. The van der Waals surface area contributed by atoms with Crippen molar-refractivity contribution < 1.29 is 9.53 Å². The number of methoxy groups -OCH3 is 1. The Balaban J connectivity index is 1.95. The zero-order chi connectivity index (χ0) is 15.1. The van der Waals surface area contributed by atoms with Gasteiger partial charge in [0, 0.05) is 23.9 Å². The third-order valence-electron chi connectivity index (χ3n) is 2.95. The second kappa shape index (κ2) is 7.28. The Morgan fingerprint density at radius 1 is 1.19 bits per heavy atom. The number of carbonyl (C=O) groups is 1. The maximum absolute atomic E-state index is 11.7. The number of anilines is 1. The topological polar surface area (TPSA) is 63.2 Å². The summed E-state index contributed by atoms with van der Waals surface area (Å²) in [7, 11) is 1.60. The van der Waals surface area contributed by atoms with Gasteiger partial charge in [0.05, 0.1) is 19.3 Å². The van der Waals surface area contributed by atoms with E-state index in [9.17, 15) is 4.79 Å². The normalized spacial score (nSPS) is 10.0. The Morgan fingerprint density at radius 2 is 1.95 bits per heavy atom. The van der Waals surface area contributed by atoms with Gasteiger partial charge in [-0.15, -0.1) is 0 Å². The van der Waals surface area contributed by atoms with E-state index in [2.05, 4.69) is 15.6 Å². The summed E-state index contributed by atoms with van der Waals surface area (Å²) in [6.45, 7) is 3.12. The van der Waals surface area contributed by atoms with E-state index in [-0.39, 0.29) is 5.91 Å². The maximum atomic E-state index is 11.7. The number of benzene rings is 1. The zero-order valence-electron chi connectivity index (χ0n) is 12.2. The van der Waals surface area contributed by atoms with Crippen molar-refractivity contribution in [2.45, 2.75) is 13.5 Å². The molecule has 1 aromatic carbocycles. The summed E-state index contributed by atoms with van der Waals surface area (Å²) < 4.78 is 5.09. The summed E-state index contributed by atoms with van der Waals surface area (Å²) in [4.78, 5) is 16.0. The van der Waals surface area contributed by atoms with Crippen molar-refractivity contribution >= 4 is 11.6 Å². The fourth-order valence-corrected chi connectivity index (χ4v) is 1.86. The molecule has 5 heteroatoms. The highest BCUT2D eigenvalue weighted by atomic mass is 16.5. The number of aromatic nitrogens is 1. The molecule has 2 aromatic rings. The lowest BCUT2D eigenvalue weighted by Crippen LogP contribution is -2.22. The van der Waals surface area contributed by atoms with Crippen molar-refractivity contribution in [1.29, 1.82) is 0 Å². The third kappa shape index (κ3) is 4.21. The first-order valence-electron chi connectivity index (χ1n) is 6.85. The minimum Gasteiger partial charge on any atom is -0.481 e. The fraction of sp³-hybridized carbons (Fsp3) is 0.250. The molecule has 2 rings (SSSR count). The van der Waals surface area contributed by atoms with Crippen LogP contribution in [0.15, 0.2) is 42.5 Å². The van der Waals surface area contributed by atoms with Crippen LogP contribution in [0.3, 0.4) is 0 Å². The molecule has 0 aliphatic rings. The molecule has 0 bridgehead atoms. The molecule has 110 valence electrons. The lowest BCUT2D eigenvalue weighted by Gasteiger charge is -2.08. The molecule has 21 heavy (non-hydrogen) atoms. The number of pyridine rings is 1. The van der Waals surface area contributed by atoms with Gasteiger partial charge in [0.25, 0.3) is 5.91 Å². The summed E-state index contributed by atoms with van der Waals surface area (Å²) in [5.74, 6) is 0.541. The van der Waals surface area contributed by atoms with Crippen molar-refractivity contribution in [3.05, 3.63) is 53.7 Å². The van der Waals surface area contributed by atoms with E-state index in [4.69, 9.17) is 4.74 Å². The predicted octanol–water partition coefficient (Wildman–Crippen LogP) is 2.45. The van der Waals surface area contributed by atoms with Crippen LogP contribution in [0.25, 0.3) is 0 Å². The average molecular weight is 285 g/mol. The number of hydrogen-bond acceptors (Lipinski definition) is 4. The summed E-state index contributed by atoms with van der Waals surface area (Å²) >= 11 is 0. The Bertz CT molecular complexity index is 597. The summed E-state index contributed by atoms with van der Waals surface area (Å²) in [6, 6.07) is 13.0. The second-order valence-electron chi connectivity index (χ2n) is 4.46. The molecule has 1 aromatic heterocycles. The molecule has 0 radical (unpaired) electrons. The first-order valence-corrected chi connectivity index (χ1v) is 6.85. The molecule has 0 unspecified atom stereocenters. The minimum absolute atomic E-state index is 0.0569. The van der Waals surface area contributed by atoms with Crippen LogP contribution in [0, 0.1) is 0 Å². The zero-order valence-corrected chi connectivity index (χ0v) is 12.2. The van der Waals surface area contributed by atoms with E-state index in [1.54, 1.807) is 19.2 Å². The average Bonchev–Trinajstić information content (AvgIpc) is 2.54. The van der Waals surface area contributed by atoms with Crippen molar-refractivity contribution in [1.82, 2.24) is 10.3 Å². The molecular formula is C16H19N3O2. The van der Waals surface area contributed by atoms with Crippen LogP contribution in [0.2, 0.25) is 0 Å². The lowest BCUT2D eigenvalue weighted by atomic mass is 10.2. The van der Waals surface area contributed by atoms with Gasteiger partial charge >= 0.3 is 0 Å². The molecule has 1 amide bonds. The Hall–Kier alpha value is -2.56. The summed E-state index contributed by atoms with van der Waals surface area (Å²) in [5.41, 5.74) is 2.48. The molecule has 0 atom stereocenters. The number of ether oxygens (including phenoxy) is 1. The summed E-state index contributed by atoms with van der Waals surface area (Å²) in [6.07, 6.45) is 0. The number of nitrogens with one attached hydrogen (secondary N) is 2. The van der Waals surface area contributed by atoms with E-state index in [0.29, 0.717) is 24.5 Å². The van der Waals surface area contributed by atoms with E-state index in [0.717, 1.165) is 11.4 Å². The Kier molecular flexibility index (Phi) is 5.15. The first kappa shape index (κ1) is 14.8. The third-order valence-corrected chi connectivity index (χ3v) is 2.95. The highest BCUT2D eigenvalue weighted by Crippen LogP contribution is 2.12. The Labute approximate surface area is 124 Å². The van der Waals surface area contributed by atoms with Crippen LogP contribution in [0.1, 0.15) is 23.0 Å². The number of amides is 1. The molecule has 0 saturated carbocycles. The van der Waals surface area contributed by atoms with Crippen molar-refractivity contribution in [2.24, 2.45) is 0 Å². The van der Waals surface area contributed by atoms with Gasteiger partial charge in [-0.25, -0.2) is 4.98 Å². The van der Waals surface area contributed by atoms with Crippen LogP contribution < -0.4 is 15.4 Å². The van der Waals surface area contributed by atoms with Crippen molar-refractivity contribution in [3.63, 3.8) is 0 Å². The molecule has 0 aliphatic heterocycles. The quantitative estimate of drug-likeness (QED) is 0.855. The Morgan fingerprint density at radius 3 is 2.62 bits per heavy atom. The van der Waals surface area contributed by atoms with Gasteiger partial charge in [-0.1, -0.05) is 6.07 Å². The van der Waals surface area contributed by atoms with Gasteiger partial charge in [0.2, 0.25) is 5.88 Å². The SMILES string of the molecule is CCNC(=O)c1ccc(NCc2cccc(OC)n2)cc1. The monoisotopic (exact) mass is 285 g/mol. The summed E-state index contributed by atoms with van der Waals surface area (Å²) in [5, 5.41) is 6.03. The smallest absolute Gasteiger partial charge is 0.251 e.